The molecule has 4 rings (SSSR count). The number of hydrogen-bond acceptors (Lipinski definition) is 8. The summed E-state index contributed by atoms with van der Waals surface area (Å²) in [5.74, 6) is 1.78. The topological polar surface area (TPSA) is 105 Å². The van der Waals surface area contributed by atoms with E-state index in [0.29, 0.717) is 29.7 Å². The van der Waals surface area contributed by atoms with Gasteiger partial charge in [-0.2, -0.15) is 0 Å². The summed E-state index contributed by atoms with van der Waals surface area (Å²) in [5.41, 5.74) is 1.95. The molecule has 0 aliphatic heterocycles. The normalized spacial score (nSPS) is 10.7. The third-order valence-electron chi connectivity index (χ3n) is 4.04. The molecular formula is C20H19N7OS. The molecule has 0 atom stereocenters. The molecule has 29 heavy (non-hydrogen) atoms. The van der Waals surface area contributed by atoms with E-state index in [-0.39, 0.29) is 5.91 Å². The number of thiazole rings is 1. The molecule has 0 saturated heterocycles. The Labute approximate surface area is 171 Å². The summed E-state index contributed by atoms with van der Waals surface area (Å²) < 4.78 is 1.00. The van der Waals surface area contributed by atoms with E-state index in [9.17, 15) is 4.79 Å². The summed E-state index contributed by atoms with van der Waals surface area (Å²) in [6.07, 6.45) is 1.74. The van der Waals surface area contributed by atoms with E-state index in [1.807, 2.05) is 55.5 Å². The number of nitrogens with one attached hydrogen (secondary N) is 3. The highest BCUT2D eigenvalue weighted by atomic mass is 32.1. The van der Waals surface area contributed by atoms with E-state index in [1.165, 1.54) is 11.3 Å². The molecule has 8 nitrogen and oxygen atoms in total. The zero-order chi connectivity index (χ0) is 20.1. The maximum Gasteiger partial charge on any atom is 0.280 e. The molecule has 0 unspecified atom stereocenters. The molecule has 9 heteroatoms. The number of aryl methyl sites for hydroxylation is 1. The van der Waals surface area contributed by atoms with Gasteiger partial charge in [-0.05, 0) is 48.9 Å². The number of carbonyl (C=O) groups is 1. The first-order chi connectivity index (χ1) is 14.2. The number of anilines is 3. The first-order valence-corrected chi connectivity index (χ1v) is 9.90. The third kappa shape index (κ3) is 4.82. The van der Waals surface area contributed by atoms with Gasteiger partial charge in [-0.25, -0.2) is 9.97 Å². The predicted molar refractivity (Wildman–Crippen MR) is 115 cm³/mol. The molecule has 0 spiro atoms. The molecule has 3 N–H and O–H groups in total. The zero-order valence-electron chi connectivity index (χ0n) is 15.7. The number of amides is 1. The van der Waals surface area contributed by atoms with Crippen molar-refractivity contribution in [3.05, 3.63) is 65.3 Å². The summed E-state index contributed by atoms with van der Waals surface area (Å²) in [4.78, 5) is 20.8. The molecule has 0 fully saturated rings. The van der Waals surface area contributed by atoms with Crippen LogP contribution in [0.15, 0.2) is 54.7 Å². The molecule has 1 aromatic carbocycles. The van der Waals surface area contributed by atoms with Gasteiger partial charge in [0.05, 0.1) is 10.2 Å². The van der Waals surface area contributed by atoms with Gasteiger partial charge in [-0.3, -0.25) is 4.79 Å². The fourth-order valence-electron chi connectivity index (χ4n) is 2.64. The Balaban J connectivity index is 1.24. The van der Waals surface area contributed by atoms with Crippen LogP contribution in [-0.4, -0.2) is 39.2 Å². The largest absolute Gasteiger partial charge is 0.367 e. The van der Waals surface area contributed by atoms with Crippen molar-refractivity contribution in [2.75, 3.05) is 23.7 Å². The van der Waals surface area contributed by atoms with Crippen molar-refractivity contribution in [1.82, 2.24) is 25.5 Å². The number of benzene rings is 1. The van der Waals surface area contributed by atoms with Crippen LogP contribution in [0, 0.1) is 6.92 Å². The number of aromatic nitrogens is 4. The van der Waals surface area contributed by atoms with Gasteiger partial charge in [-0.1, -0.05) is 12.1 Å². The number of fused-ring (bicyclic) bond motifs is 1. The maximum atomic E-state index is 12.2. The van der Waals surface area contributed by atoms with Crippen molar-refractivity contribution < 1.29 is 4.79 Å². The molecule has 3 aromatic heterocycles. The van der Waals surface area contributed by atoms with Crippen LogP contribution in [0.5, 0.6) is 0 Å². The van der Waals surface area contributed by atoms with Gasteiger partial charge >= 0.3 is 0 Å². The van der Waals surface area contributed by atoms with Crippen LogP contribution in [0.25, 0.3) is 10.2 Å². The van der Waals surface area contributed by atoms with Crippen molar-refractivity contribution in [3.8, 4) is 0 Å². The van der Waals surface area contributed by atoms with Crippen molar-refractivity contribution in [2.45, 2.75) is 6.92 Å². The Morgan fingerprint density at radius 2 is 1.83 bits per heavy atom. The van der Waals surface area contributed by atoms with Gasteiger partial charge < -0.3 is 16.0 Å². The average Bonchev–Trinajstić information content (AvgIpc) is 3.17. The first kappa shape index (κ1) is 18.8. The highest BCUT2D eigenvalue weighted by molar-refractivity contribution is 7.20. The minimum absolute atomic E-state index is 0.177. The van der Waals surface area contributed by atoms with E-state index < -0.39 is 0 Å². The Morgan fingerprint density at radius 3 is 2.62 bits per heavy atom. The summed E-state index contributed by atoms with van der Waals surface area (Å²) >= 11 is 1.38. The van der Waals surface area contributed by atoms with Crippen LogP contribution < -0.4 is 16.0 Å². The highest BCUT2D eigenvalue weighted by Gasteiger charge is 2.11. The van der Waals surface area contributed by atoms with Crippen molar-refractivity contribution in [1.29, 1.82) is 0 Å². The number of para-hydroxylation sites is 1. The van der Waals surface area contributed by atoms with Crippen LogP contribution >= 0.6 is 11.3 Å². The van der Waals surface area contributed by atoms with Gasteiger partial charge in [0.15, 0.2) is 10.8 Å². The number of pyridine rings is 1. The van der Waals surface area contributed by atoms with Gasteiger partial charge in [0.25, 0.3) is 5.91 Å². The molecule has 1 amide bonds. The van der Waals surface area contributed by atoms with Gasteiger partial charge in [-0.15, -0.1) is 21.5 Å². The lowest BCUT2D eigenvalue weighted by atomic mass is 10.3. The van der Waals surface area contributed by atoms with E-state index in [4.69, 9.17) is 0 Å². The van der Waals surface area contributed by atoms with Crippen LogP contribution in [0.2, 0.25) is 0 Å². The van der Waals surface area contributed by atoms with E-state index in [1.54, 1.807) is 6.20 Å². The van der Waals surface area contributed by atoms with E-state index in [2.05, 4.69) is 36.1 Å². The third-order valence-corrected chi connectivity index (χ3v) is 5.08. The highest BCUT2D eigenvalue weighted by Crippen LogP contribution is 2.21. The van der Waals surface area contributed by atoms with Gasteiger partial charge in [0, 0.05) is 19.3 Å². The molecule has 146 valence electrons. The molecule has 0 aliphatic rings. The minimum Gasteiger partial charge on any atom is -0.367 e. The van der Waals surface area contributed by atoms with E-state index >= 15 is 0 Å². The molecule has 0 saturated carbocycles. The lowest BCUT2D eigenvalue weighted by Gasteiger charge is -2.07. The number of nitrogens with zero attached hydrogens (tertiary/aromatic N) is 4. The lowest BCUT2D eigenvalue weighted by molar-refractivity contribution is 0.0955. The van der Waals surface area contributed by atoms with E-state index in [0.717, 1.165) is 21.6 Å². The minimum atomic E-state index is -0.177. The SMILES string of the molecule is Cc1ccnc(Nc2ccc(NCCNC(=O)c3nc4ccccc4s3)nn2)c1. The zero-order valence-corrected chi connectivity index (χ0v) is 16.5. The van der Waals surface area contributed by atoms with Crippen LogP contribution in [0.4, 0.5) is 17.5 Å². The quantitative estimate of drug-likeness (QED) is 0.405. The Morgan fingerprint density at radius 1 is 1.00 bits per heavy atom. The average molecular weight is 405 g/mol. The second-order valence-corrected chi connectivity index (χ2v) is 7.35. The van der Waals surface area contributed by atoms with Crippen LogP contribution in [0.1, 0.15) is 15.4 Å². The smallest absolute Gasteiger partial charge is 0.280 e. The second-order valence-electron chi connectivity index (χ2n) is 6.32. The molecule has 0 aliphatic carbocycles. The Kier molecular flexibility index (Phi) is 5.57. The summed E-state index contributed by atoms with van der Waals surface area (Å²) in [6, 6.07) is 15.2. The predicted octanol–water partition coefficient (Wildman–Crippen LogP) is 3.38. The molecule has 4 aromatic rings. The van der Waals surface area contributed by atoms with Gasteiger partial charge in [0.1, 0.15) is 11.6 Å². The monoisotopic (exact) mass is 405 g/mol. The standard InChI is InChI=1S/C20H19N7OS/c1-13-8-9-21-18(12-13)25-17-7-6-16(26-27-17)22-10-11-23-19(28)20-24-14-4-2-3-5-15(14)29-20/h2-9,12H,10-11H2,1H3,(H,22,26)(H,23,28)(H,21,25,27). The molecule has 0 radical (unpaired) electrons. The summed E-state index contributed by atoms with van der Waals surface area (Å²) in [6.45, 7) is 2.97. The summed E-state index contributed by atoms with van der Waals surface area (Å²) in [5, 5.41) is 17.8. The number of carbonyl (C=O) groups excluding carboxylic acids is 1. The summed E-state index contributed by atoms with van der Waals surface area (Å²) in [7, 11) is 0. The molecular weight excluding hydrogens is 386 g/mol. The van der Waals surface area contributed by atoms with Crippen molar-refractivity contribution in [3.63, 3.8) is 0 Å². The lowest BCUT2D eigenvalue weighted by Crippen LogP contribution is -2.28. The maximum absolute atomic E-state index is 12.2. The van der Waals surface area contributed by atoms with Crippen LogP contribution in [0.3, 0.4) is 0 Å². The van der Waals surface area contributed by atoms with Crippen LogP contribution in [-0.2, 0) is 0 Å². The fourth-order valence-corrected chi connectivity index (χ4v) is 3.52. The number of rotatable bonds is 7. The first-order valence-electron chi connectivity index (χ1n) is 9.08. The Hall–Kier alpha value is -3.59. The fraction of sp³-hybridized carbons (Fsp3) is 0.150. The van der Waals surface area contributed by atoms with Crippen molar-refractivity contribution in [2.24, 2.45) is 0 Å². The van der Waals surface area contributed by atoms with Crippen molar-refractivity contribution >= 4 is 44.9 Å². The Bertz CT molecular complexity index is 1090. The second kappa shape index (κ2) is 8.61. The molecule has 3 heterocycles. The molecule has 0 bridgehead atoms. The van der Waals surface area contributed by atoms with Gasteiger partial charge in [0.2, 0.25) is 0 Å². The number of hydrogen-bond donors (Lipinski definition) is 3.